The first-order valence-corrected chi connectivity index (χ1v) is 8.43. The Morgan fingerprint density at radius 1 is 1.36 bits per heavy atom. The maximum Gasteiger partial charge on any atom is 0.233 e. The number of aryl methyl sites for hydroxylation is 2. The summed E-state index contributed by atoms with van der Waals surface area (Å²) in [7, 11) is 0. The van der Waals surface area contributed by atoms with E-state index in [0.29, 0.717) is 6.54 Å². The minimum Gasteiger partial charge on any atom is -0.348 e. The van der Waals surface area contributed by atoms with Gasteiger partial charge in [-0.25, -0.2) is 0 Å². The zero-order chi connectivity index (χ0) is 15.5. The molecule has 1 amide bonds. The van der Waals surface area contributed by atoms with Gasteiger partial charge in [0.15, 0.2) is 5.82 Å². The number of hydrogen-bond donors (Lipinski definition) is 1. The van der Waals surface area contributed by atoms with Crippen molar-refractivity contribution in [3.8, 4) is 0 Å². The third kappa shape index (κ3) is 3.32. The lowest BCUT2D eigenvalue weighted by molar-refractivity contribution is -0.120. The van der Waals surface area contributed by atoms with Crippen molar-refractivity contribution in [2.45, 2.75) is 49.9 Å². The van der Waals surface area contributed by atoms with Gasteiger partial charge in [0.25, 0.3) is 0 Å². The van der Waals surface area contributed by atoms with Crippen molar-refractivity contribution in [1.82, 2.24) is 20.1 Å². The molecule has 116 valence electrons. The summed E-state index contributed by atoms with van der Waals surface area (Å²) >= 11 is 1.57. The summed E-state index contributed by atoms with van der Waals surface area (Å²) < 4.78 is 2.11. The molecule has 1 aromatic carbocycles. The number of fused-ring (bicyclic) bond motifs is 1. The van der Waals surface area contributed by atoms with E-state index in [0.717, 1.165) is 35.9 Å². The number of rotatable bonds is 5. The molecule has 1 atom stereocenters. The Hall–Kier alpha value is -1.82. The van der Waals surface area contributed by atoms with Crippen LogP contribution in [0.1, 0.15) is 30.6 Å². The quantitative estimate of drug-likeness (QED) is 0.860. The molecule has 1 aromatic heterocycles. The van der Waals surface area contributed by atoms with Crippen LogP contribution in [0.3, 0.4) is 0 Å². The second-order valence-electron chi connectivity index (χ2n) is 5.58. The summed E-state index contributed by atoms with van der Waals surface area (Å²) in [5.74, 6) is 1.92. The van der Waals surface area contributed by atoms with Crippen LogP contribution in [-0.2, 0) is 24.3 Å². The predicted molar refractivity (Wildman–Crippen MR) is 86.7 cm³/mol. The number of benzene rings is 1. The molecule has 22 heavy (non-hydrogen) atoms. The molecule has 0 saturated carbocycles. The Bertz CT molecular complexity index is 665. The summed E-state index contributed by atoms with van der Waals surface area (Å²) in [6, 6.07) is 8.23. The lowest BCUT2D eigenvalue weighted by atomic mass is 10.2. The van der Waals surface area contributed by atoms with Gasteiger partial charge in [-0.15, -0.1) is 22.0 Å². The Balaban J connectivity index is 1.53. The van der Waals surface area contributed by atoms with Gasteiger partial charge in [-0.05, 0) is 32.4 Å². The molecule has 1 N–H and O–H groups in total. The van der Waals surface area contributed by atoms with Crippen molar-refractivity contribution in [2.75, 3.05) is 0 Å². The van der Waals surface area contributed by atoms with Crippen LogP contribution in [0.4, 0.5) is 0 Å². The van der Waals surface area contributed by atoms with E-state index in [4.69, 9.17) is 0 Å². The van der Waals surface area contributed by atoms with E-state index in [2.05, 4.69) is 51.3 Å². The van der Waals surface area contributed by atoms with Crippen molar-refractivity contribution in [3.05, 3.63) is 41.5 Å². The molecule has 2 heterocycles. The Kier molecular flexibility index (Phi) is 4.47. The minimum absolute atomic E-state index is 0.0286. The Morgan fingerprint density at radius 2 is 2.14 bits per heavy atom. The highest BCUT2D eigenvalue weighted by Crippen LogP contribution is 2.23. The zero-order valence-corrected chi connectivity index (χ0v) is 13.7. The molecule has 0 fully saturated rings. The van der Waals surface area contributed by atoms with E-state index < -0.39 is 0 Å². The molecule has 0 radical (unpaired) electrons. The van der Waals surface area contributed by atoms with Gasteiger partial charge in [-0.1, -0.05) is 17.7 Å². The van der Waals surface area contributed by atoms with Gasteiger partial charge in [-0.2, -0.15) is 0 Å². The fourth-order valence-corrected chi connectivity index (χ4v) is 3.42. The van der Waals surface area contributed by atoms with Crippen molar-refractivity contribution in [1.29, 1.82) is 0 Å². The number of amides is 1. The van der Waals surface area contributed by atoms with Crippen molar-refractivity contribution in [2.24, 2.45) is 0 Å². The molecule has 0 aliphatic carbocycles. The number of nitrogens with zero attached hydrogens (tertiary/aromatic N) is 3. The van der Waals surface area contributed by atoms with Gasteiger partial charge >= 0.3 is 0 Å². The third-order valence-electron chi connectivity index (χ3n) is 3.81. The van der Waals surface area contributed by atoms with Crippen LogP contribution in [0.2, 0.25) is 0 Å². The molecule has 3 rings (SSSR count). The van der Waals surface area contributed by atoms with Crippen LogP contribution in [0.5, 0.6) is 0 Å². The van der Waals surface area contributed by atoms with E-state index in [1.807, 2.05) is 6.92 Å². The molecule has 0 spiro atoms. The standard InChI is InChI=1S/C16H20N4OS/c1-11-5-7-13(8-6-11)22-12(2)16(21)17-10-15-19-18-14-4-3-9-20(14)15/h5-8,12H,3-4,9-10H2,1-2H3,(H,17,21). The van der Waals surface area contributed by atoms with Crippen LogP contribution < -0.4 is 5.32 Å². The number of nitrogens with one attached hydrogen (secondary N) is 1. The van der Waals surface area contributed by atoms with E-state index in [-0.39, 0.29) is 11.2 Å². The monoisotopic (exact) mass is 316 g/mol. The van der Waals surface area contributed by atoms with Gasteiger partial charge < -0.3 is 9.88 Å². The summed E-state index contributed by atoms with van der Waals surface area (Å²) in [4.78, 5) is 13.3. The molecule has 0 saturated heterocycles. The maximum atomic E-state index is 12.2. The fraction of sp³-hybridized carbons (Fsp3) is 0.438. The molecule has 0 bridgehead atoms. The van der Waals surface area contributed by atoms with E-state index in [1.165, 1.54) is 5.56 Å². The number of carbonyl (C=O) groups excluding carboxylic acids is 1. The van der Waals surface area contributed by atoms with Gasteiger partial charge in [0.2, 0.25) is 5.91 Å². The molecular formula is C16H20N4OS. The van der Waals surface area contributed by atoms with Crippen molar-refractivity contribution in [3.63, 3.8) is 0 Å². The lowest BCUT2D eigenvalue weighted by Gasteiger charge is -2.12. The minimum atomic E-state index is -0.135. The molecule has 1 aliphatic heterocycles. The Labute approximate surface area is 134 Å². The zero-order valence-electron chi connectivity index (χ0n) is 12.9. The molecule has 5 nitrogen and oxygen atoms in total. The number of hydrogen-bond acceptors (Lipinski definition) is 4. The molecular weight excluding hydrogens is 296 g/mol. The first-order valence-electron chi connectivity index (χ1n) is 7.55. The van der Waals surface area contributed by atoms with Gasteiger partial charge in [0, 0.05) is 17.9 Å². The normalized spacial score (nSPS) is 14.6. The van der Waals surface area contributed by atoms with Crippen molar-refractivity contribution < 1.29 is 4.79 Å². The molecule has 6 heteroatoms. The topological polar surface area (TPSA) is 59.8 Å². The summed E-state index contributed by atoms with van der Waals surface area (Å²) in [6.45, 7) is 5.39. The largest absolute Gasteiger partial charge is 0.348 e. The lowest BCUT2D eigenvalue weighted by Crippen LogP contribution is -2.31. The summed E-state index contributed by atoms with van der Waals surface area (Å²) in [6.07, 6.45) is 2.10. The number of carbonyl (C=O) groups is 1. The van der Waals surface area contributed by atoms with Crippen LogP contribution >= 0.6 is 11.8 Å². The molecule has 1 unspecified atom stereocenters. The van der Waals surface area contributed by atoms with Crippen molar-refractivity contribution >= 4 is 17.7 Å². The fourth-order valence-electron chi connectivity index (χ4n) is 2.53. The summed E-state index contributed by atoms with van der Waals surface area (Å²) in [5, 5.41) is 11.1. The number of thioether (sulfide) groups is 1. The third-order valence-corrected chi connectivity index (χ3v) is 4.92. The SMILES string of the molecule is Cc1ccc(SC(C)C(=O)NCc2nnc3n2CCC3)cc1. The average Bonchev–Trinajstić information content (AvgIpc) is 3.11. The predicted octanol–water partition coefficient (Wildman–Crippen LogP) is 2.33. The van der Waals surface area contributed by atoms with E-state index in [1.54, 1.807) is 11.8 Å². The highest BCUT2D eigenvalue weighted by molar-refractivity contribution is 8.00. The molecule has 2 aromatic rings. The second kappa shape index (κ2) is 6.52. The second-order valence-corrected chi connectivity index (χ2v) is 6.99. The highest BCUT2D eigenvalue weighted by Gasteiger charge is 2.19. The molecule has 1 aliphatic rings. The first kappa shape index (κ1) is 15.1. The van der Waals surface area contributed by atoms with Crippen LogP contribution in [0.25, 0.3) is 0 Å². The first-order chi connectivity index (χ1) is 10.6. The van der Waals surface area contributed by atoms with Crippen LogP contribution in [0, 0.1) is 6.92 Å². The average molecular weight is 316 g/mol. The Morgan fingerprint density at radius 3 is 2.91 bits per heavy atom. The van der Waals surface area contributed by atoms with Gasteiger partial charge in [0.1, 0.15) is 5.82 Å². The van der Waals surface area contributed by atoms with Gasteiger partial charge in [-0.3, -0.25) is 4.79 Å². The highest BCUT2D eigenvalue weighted by atomic mass is 32.2. The van der Waals surface area contributed by atoms with Crippen LogP contribution in [0.15, 0.2) is 29.2 Å². The summed E-state index contributed by atoms with van der Waals surface area (Å²) in [5.41, 5.74) is 1.22. The maximum absolute atomic E-state index is 12.2. The van der Waals surface area contributed by atoms with Crippen LogP contribution in [-0.4, -0.2) is 25.9 Å². The van der Waals surface area contributed by atoms with E-state index in [9.17, 15) is 4.79 Å². The van der Waals surface area contributed by atoms with Gasteiger partial charge in [0.05, 0.1) is 11.8 Å². The van der Waals surface area contributed by atoms with E-state index >= 15 is 0 Å². The number of aromatic nitrogens is 3. The smallest absolute Gasteiger partial charge is 0.233 e.